The predicted molar refractivity (Wildman–Crippen MR) is 89.9 cm³/mol. The fraction of sp³-hybridized carbons (Fsp3) is 0.0625. The van der Waals surface area contributed by atoms with Crippen molar-refractivity contribution in [2.75, 3.05) is 5.32 Å². The van der Waals surface area contributed by atoms with Gasteiger partial charge in [0.1, 0.15) is 5.15 Å². The highest BCUT2D eigenvalue weighted by Gasteiger charge is 2.13. The molecule has 0 atom stereocenters. The Bertz CT molecular complexity index is 970. The number of amides is 1. The van der Waals surface area contributed by atoms with Crippen LogP contribution in [0.5, 0.6) is 0 Å². The van der Waals surface area contributed by atoms with Gasteiger partial charge >= 0.3 is 0 Å². The molecule has 3 rings (SSSR count). The minimum absolute atomic E-state index is 0.0331. The van der Waals surface area contributed by atoms with Crippen LogP contribution in [-0.2, 0) is 6.54 Å². The first kappa shape index (κ1) is 18.2. The van der Waals surface area contributed by atoms with Crippen LogP contribution in [-0.4, -0.2) is 20.4 Å². The van der Waals surface area contributed by atoms with Crippen LogP contribution in [0, 0.1) is 17.5 Å². The number of nitrogens with one attached hydrogen (secondary N) is 1. The Balaban J connectivity index is 1.71. The van der Waals surface area contributed by atoms with Crippen LogP contribution >= 0.6 is 23.2 Å². The van der Waals surface area contributed by atoms with E-state index in [1.165, 1.54) is 29.4 Å². The van der Waals surface area contributed by atoms with Gasteiger partial charge in [-0.3, -0.25) is 4.79 Å². The van der Waals surface area contributed by atoms with Gasteiger partial charge in [0, 0.05) is 18.9 Å². The van der Waals surface area contributed by atoms with Crippen LogP contribution in [0.25, 0.3) is 0 Å². The van der Waals surface area contributed by atoms with Crippen molar-refractivity contribution in [2.45, 2.75) is 6.54 Å². The first-order chi connectivity index (χ1) is 12.3. The molecule has 5 nitrogen and oxygen atoms in total. The van der Waals surface area contributed by atoms with E-state index < -0.39 is 23.4 Å². The first-order valence-corrected chi connectivity index (χ1v) is 7.86. The summed E-state index contributed by atoms with van der Waals surface area (Å²) >= 11 is 11.5. The van der Waals surface area contributed by atoms with Crippen molar-refractivity contribution in [2.24, 2.45) is 0 Å². The second-order valence-electron chi connectivity index (χ2n) is 5.26. The van der Waals surface area contributed by atoms with Gasteiger partial charge in [0.25, 0.3) is 5.91 Å². The van der Waals surface area contributed by atoms with Gasteiger partial charge in [0.15, 0.2) is 23.3 Å². The van der Waals surface area contributed by atoms with E-state index in [0.29, 0.717) is 0 Å². The average molecular weight is 401 g/mol. The average Bonchev–Trinajstić information content (AvgIpc) is 3.01. The lowest BCUT2D eigenvalue weighted by molar-refractivity contribution is 0.102. The molecular formula is C16H9Cl2F3N4O. The lowest BCUT2D eigenvalue weighted by Crippen LogP contribution is -2.12. The van der Waals surface area contributed by atoms with E-state index in [1.54, 1.807) is 0 Å². The number of hydrogen-bond donors (Lipinski definition) is 1. The number of aromatic nitrogens is 3. The molecule has 0 aliphatic rings. The van der Waals surface area contributed by atoms with Gasteiger partial charge in [0.05, 0.1) is 16.9 Å². The summed E-state index contributed by atoms with van der Waals surface area (Å²) in [5.41, 5.74) is 0.377. The summed E-state index contributed by atoms with van der Waals surface area (Å²) in [5, 5.41) is 2.73. The smallest absolute Gasteiger partial charge is 0.258 e. The number of rotatable bonds is 4. The summed E-state index contributed by atoms with van der Waals surface area (Å²) in [4.78, 5) is 19.9. The summed E-state index contributed by atoms with van der Waals surface area (Å²) in [6, 6.07) is 3.13. The van der Waals surface area contributed by atoms with Crippen molar-refractivity contribution >= 4 is 34.9 Å². The predicted octanol–water partition coefficient (Wildman–Crippen LogP) is 4.30. The Morgan fingerprint density at radius 1 is 1.12 bits per heavy atom. The number of anilines is 1. The second-order valence-corrected chi connectivity index (χ2v) is 6.02. The van der Waals surface area contributed by atoms with Crippen LogP contribution in [0.15, 0.2) is 36.9 Å². The van der Waals surface area contributed by atoms with E-state index >= 15 is 0 Å². The van der Waals surface area contributed by atoms with Gasteiger partial charge in [-0.25, -0.2) is 23.1 Å². The van der Waals surface area contributed by atoms with Gasteiger partial charge in [-0.2, -0.15) is 0 Å². The number of carbonyl (C=O) groups is 1. The Morgan fingerprint density at radius 3 is 2.46 bits per heavy atom. The van der Waals surface area contributed by atoms with Crippen molar-refractivity contribution in [1.82, 2.24) is 14.5 Å². The number of nitrogens with zero attached hydrogens (tertiary/aromatic N) is 3. The van der Waals surface area contributed by atoms with Gasteiger partial charge in [0.2, 0.25) is 0 Å². The molecule has 0 saturated carbocycles. The molecule has 0 fully saturated rings. The minimum atomic E-state index is -1.53. The number of halogens is 5. The summed E-state index contributed by atoms with van der Waals surface area (Å²) < 4.78 is 40.9. The minimum Gasteiger partial charge on any atom is -0.331 e. The zero-order valence-electron chi connectivity index (χ0n) is 12.8. The zero-order chi connectivity index (χ0) is 18.8. The highest BCUT2D eigenvalue weighted by molar-refractivity contribution is 6.41. The quantitative estimate of drug-likeness (QED) is 0.524. The maximum absolute atomic E-state index is 13.2. The van der Waals surface area contributed by atoms with Crippen LogP contribution < -0.4 is 5.32 Å². The van der Waals surface area contributed by atoms with Crippen molar-refractivity contribution in [3.05, 3.63) is 75.7 Å². The van der Waals surface area contributed by atoms with Crippen LogP contribution in [0.2, 0.25) is 10.2 Å². The zero-order valence-corrected chi connectivity index (χ0v) is 14.3. The maximum atomic E-state index is 13.2. The van der Waals surface area contributed by atoms with E-state index in [-0.39, 0.29) is 33.7 Å². The van der Waals surface area contributed by atoms with Crippen molar-refractivity contribution in [3.8, 4) is 0 Å². The highest BCUT2D eigenvalue weighted by atomic mass is 35.5. The molecule has 0 radical (unpaired) electrons. The molecule has 0 spiro atoms. The molecule has 0 aliphatic heterocycles. The Hall–Kier alpha value is -2.58. The number of benzene rings is 1. The van der Waals surface area contributed by atoms with E-state index in [4.69, 9.17) is 23.2 Å². The molecule has 1 N–H and O–H groups in total. The summed E-state index contributed by atoms with van der Waals surface area (Å²) in [6.45, 7) is 0.0331. The molecule has 2 heterocycles. The lowest BCUT2D eigenvalue weighted by atomic mass is 10.2. The lowest BCUT2D eigenvalue weighted by Gasteiger charge is -2.05. The Kier molecular flexibility index (Phi) is 5.15. The van der Waals surface area contributed by atoms with Crippen molar-refractivity contribution < 1.29 is 18.0 Å². The molecule has 1 amide bonds. The number of hydrogen-bond acceptors (Lipinski definition) is 3. The molecular weight excluding hydrogens is 392 g/mol. The van der Waals surface area contributed by atoms with Crippen LogP contribution in [0.4, 0.5) is 19.0 Å². The number of imidazole rings is 1. The van der Waals surface area contributed by atoms with E-state index in [1.807, 2.05) is 0 Å². The van der Waals surface area contributed by atoms with E-state index in [0.717, 1.165) is 12.1 Å². The fourth-order valence-corrected chi connectivity index (χ4v) is 2.42. The second kappa shape index (κ2) is 7.35. The molecule has 134 valence electrons. The number of pyridine rings is 1. The van der Waals surface area contributed by atoms with Crippen molar-refractivity contribution in [1.29, 1.82) is 0 Å². The normalized spacial score (nSPS) is 10.8. The van der Waals surface area contributed by atoms with Gasteiger partial charge in [-0.15, -0.1) is 0 Å². The molecule has 3 aromatic rings. The Labute approximate surface area is 155 Å². The van der Waals surface area contributed by atoms with Gasteiger partial charge in [-0.05, 0) is 23.8 Å². The molecule has 0 bridgehead atoms. The highest BCUT2D eigenvalue weighted by Crippen LogP contribution is 2.20. The Morgan fingerprint density at radius 2 is 1.81 bits per heavy atom. The fourth-order valence-electron chi connectivity index (χ4n) is 2.16. The summed E-state index contributed by atoms with van der Waals surface area (Å²) in [7, 11) is 0. The SMILES string of the molecule is O=C(Nc1cn(Cc2cc(F)c(F)c(F)c2)cn1)c1cnc(Cl)c(Cl)c1. The molecule has 26 heavy (non-hydrogen) atoms. The third kappa shape index (κ3) is 3.97. The summed E-state index contributed by atoms with van der Waals surface area (Å²) in [5.74, 6) is -4.39. The number of carbonyl (C=O) groups excluding carboxylic acids is 1. The maximum Gasteiger partial charge on any atom is 0.258 e. The van der Waals surface area contributed by atoms with Crippen LogP contribution in [0.3, 0.4) is 0 Å². The molecule has 0 unspecified atom stereocenters. The standard InChI is InChI=1S/C16H9Cl2F3N4O/c17-10-3-9(4-22-15(10)18)16(26)24-13-6-25(7-23-13)5-8-1-11(19)14(21)12(20)2-8/h1-4,6-7H,5H2,(H,24,26). The van der Waals surface area contributed by atoms with Crippen molar-refractivity contribution in [3.63, 3.8) is 0 Å². The molecule has 10 heteroatoms. The molecule has 0 aliphatic carbocycles. The molecule has 0 saturated heterocycles. The molecule has 1 aromatic carbocycles. The third-order valence-electron chi connectivity index (χ3n) is 3.34. The summed E-state index contributed by atoms with van der Waals surface area (Å²) in [6.07, 6.45) is 4.05. The first-order valence-electron chi connectivity index (χ1n) is 7.11. The molecule has 2 aromatic heterocycles. The van der Waals surface area contributed by atoms with E-state index in [2.05, 4.69) is 15.3 Å². The van der Waals surface area contributed by atoms with Crippen LogP contribution in [0.1, 0.15) is 15.9 Å². The van der Waals surface area contributed by atoms with Gasteiger partial charge in [-0.1, -0.05) is 23.2 Å². The largest absolute Gasteiger partial charge is 0.331 e. The monoisotopic (exact) mass is 400 g/mol. The van der Waals surface area contributed by atoms with Gasteiger partial charge < -0.3 is 9.88 Å². The third-order valence-corrected chi connectivity index (χ3v) is 4.03. The van der Waals surface area contributed by atoms with E-state index in [9.17, 15) is 18.0 Å². The topological polar surface area (TPSA) is 59.8 Å².